The van der Waals surface area contributed by atoms with Crippen molar-refractivity contribution in [2.75, 3.05) is 13.2 Å². The van der Waals surface area contributed by atoms with Gasteiger partial charge in [-0.3, -0.25) is 0 Å². The van der Waals surface area contributed by atoms with E-state index < -0.39 is 0 Å². The Morgan fingerprint density at radius 2 is 2.24 bits per heavy atom. The second-order valence-electron chi connectivity index (χ2n) is 6.71. The van der Waals surface area contributed by atoms with Gasteiger partial charge in [0.05, 0.1) is 0 Å². The summed E-state index contributed by atoms with van der Waals surface area (Å²) >= 11 is 0. The number of nitrogens with one attached hydrogen (secondary N) is 1. The standard InChI is InChI=1S/C15H25NO/c1-15(10-17)6-2-3-14(15)16-9-13-8-11-4-5-12(13)7-11/h4-5,11-14,16-17H,2-3,6-10H2,1H3. The first-order valence-electron chi connectivity index (χ1n) is 7.24. The number of fused-ring (bicyclic) bond motifs is 2. The molecule has 17 heavy (non-hydrogen) atoms. The molecule has 2 nitrogen and oxygen atoms in total. The molecule has 0 aromatic heterocycles. The lowest BCUT2D eigenvalue weighted by molar-refractivity contribution is 0.116. The molecule has 3 aliphatic carbocycles. The monoisotopic (exact) mass is 235 g/mol. The molecule has 2 heteroatoms. The molecule has 5 atom stereocenters. The van der Waals surface area contributed by atoms with Crippen LogP contribution in [0.3, 0.4) is 0 Å². The van der Waals surface area contributed by atoms with E-state index in [9.17, 15) is 5.11 Å². The summed E-state index contributed by atoms with van der Waals surface area (Å²) in [6.07, 6.45) is 11.3. The van der Waals surface area contributed by atoms with Crippen LogP contribution in [0.25, 0.3) is 0 Å². The zero-order valence-electron chi connectivity index (χ0n) is 10.9. The number of hydrogen-bond donors (Lipinski definition) is 2. The number of allylic oxidation sites excluding steroid dienone is 2. The topological polar surface area (TPSA) is 32.3 Å². The smallest absolute Gasteiger partial charge is 0.0499 e. The van der Waals surface area contributed by atoms with Gasteiger partial charge in [-0.05, 0) is 50.0 Å². The van der Waals surface area contributed by atoms with Gasteiger partial charge < -0.3 is 10.4 Å². The van der Waals surface area contributed by atoms with Crippen molar-refractivity contribution in [1.29, 1.82) is 0 Å². The minimum atomic E-state index is 0.132. The van der Waals surface area contributed by atoms with Crippen molar-refractivity contribution in [3.63, 3.8) is 0 Å². The van der Waals surface area contributed by atoms with E-state index in [0.29, 0.717) is 12.6 Å². The molecular weight excluding hydrogens is 210 g/mol. The van der Waals surface area contributed by atoms with E-state index in [-0.39, 0.29) is 5.41 Å². The molecule has 0 heterocycles. The summed E-state index contributed by atoms with van der Waals surface area (Å²) < 4.78 is 0. The molecule has 5 unspecified atom stereocenters. The van der Waals surface area contributed by atoms with Gasteiger partial charge in [-0.2, -0.15) is 0 Å². The van der Waals surface area contributed by atoms with Crippen LogP contribution < -0.4 is 5.32 Å². The SMILES string of the molecule is CC1(CO)CCCC1NCC1CC2C=CC1C2. The van der Waals surface area contributed by atoms with Crippen molar-refractivity contribution in [3.8, 4) is 0 Å². The number of aliphatic hydroxyl groups is 1. The largest absolute Gasteiger partial charge is 0.396 e. The van der Waals surface area contributed by atoms with Crippen molar-refractivity contribution in [3.05, 3.63) is 12.2 Å². The zero-order chi connectivity index (χ0) is 11.9. The van der Waals surface area contributed by atoms with Gasteiger partial charge in [0.1, 0.15) is 0 Å². The Bertz CT molecular complexity index is 314. The lowest BCUT2D eigenvalue weighted by Crippen LogP contribution is -2.44. The summed E-state index contributed by atoms with van der Waals surface area (Å²) in [7, 11) is 0. The summed E-state index contributed by atoms with van der Waals surface area (Å²) in [5.41, 5.74) is 0.132. The molecule has 2 fully saturated rings. The van der Waals surface area contributed by atoms with Crippen LogP contribution in [0.2, 0.25) is 0 Å². The Morgan fingerprint density at radius 1 is 1.35 bits per heavy atom. The highest BCUT2D eigenvalue weighted by molar-refractivity contribution is 5.10. The van der Waals surface area contributed by atoms with Crippen LogP contribution in [0.4, 0.5) is 0 Å². The van der Waals surface area contributed by atoms with Crippen LogP contribution in [0.15, 0.2) is 12.2 Å². The van der Waals surface area contributed by atoms with Gasteiger partial charge in [0.2, 0.25) is 0 Å². The molecule has 96 valence electrons. The van der Waals surface area contributed by atoms with Crippen molar-refractivity contribution < 1.29 is 5.11 Å². The molecule has 2 N–H and O–H groups in total. The maximum atomic E-state index is 9.54. The van der Waals surface area contributed by atoms with E-state index in [1.807, 2.05) is 0 Å². The molecule has 0 aromatic rings. The van der Waals surface area contributed by atoms with Gasteiger partial charge in [-0.15, -0.1) is 0 Å². The molecule has 0 aromatic carbocycles. The van der Waals surface area contributed by atoms with Gasteiger partial charge in [0.25, 0.3) is 0 Å². The molecule has 2 bridgehead atoms. The first-order chi connectivity index (χ1) is 8.21. The Balaban J connectivity index is 1.53. The second kappa shape index (κ2) is 4.40. The lowest BCUT2D eigenvalue weighted by Gasteiger charge is -2.32. The predicted octanol–water partition coefficient (Wildman–Crippen LogP) is 2.34. The van der Waals surface area contributed by atoms with Crippen LogP contribution in [0.1, 0.15) is 39.0 Å². The van der Waals surface area contributed by atoms with E-state index in [2.05, 4.69) is 24.4 Å². The van der Waals surface area contributed by atoms with Gasteiger partial charge in [-0.25, -0.2) is 0 Å². The average molecular weight is 235 g/mol. The highest BCUT2D eigenvalue weighted by atomic mass is 16.3. The van der Waals surface area contributed by atoms with Gasteiger partial charge >= 0.3 is 0 Å². The van der Waals surface area contributed by atoms with Crippen LogP contribution in [0.5, 0.6) is 0 Å². The van der Waals surface area contributed by atoms with Crippen molar-refractivity contribution in [2.45, 2.75) is 45.1 Å². The third-order valence-electron chi connectivity index (χ3n) is 5.49. The first-order valence-corrected chi connectivity index (χ1v) is 7.24. The minimum absolute atomic E-state index is 0.132. The fourth-order valence-corrected chi connectivity index (χ4v) is 4.19. The Labute approximate surface area is 104 Å². The van der Waals surface area contributed by atoms with Crippen LogP contribution in [-0.4, -0.2) is 24.3 Å². The summed E-state index contributed by atoms with van der Waals surface area (Å²) in [5, 5.41) is 13.3. The summed E-state index contributed by atoms with van der Waals surface area (Å²) in [6.45, 7) is 3.73. The van der Waals surface area contributed by atoms with E-state index in [1.54, 1.807) is 0 Å². The fraction of sp³-hybridized carbons (Fsp3) is 0.867. The van der Waals surface area contributed by atoms with E-state index in [4.69, 9.17) is 0 Å². The van der Waals surface area contributed by atoms with Crippen molar-refractivity contribution in [2.24, 2.45) is 23.2 Å². The number of hydrogen-bond acceptors (Lipinski definition) is 2. The highest BCUT2D eigenvalue weighted by Crippen LogP contribution is 2.44. The second-order valence-corrected chi connectivity index (χ2v) is 6.71. The maximum Gasteiger partial charge on any atom is 0.0499 e. The molecule has 2 saturated carbocycles. The fourth-order valence-electron chi connectivity index (χ4n) is 4.19. The van der Waals surface area contributed by atoms with Gasteiger partial charge in [-0.1, -0.05) is 25.5 Å². The summed E-state index contributed by atoms with van der Waals surface area (Å²) in [5.74, 6) is 2.57. The molecule has 0 aliphatic heterocycles. The van der Waals surface area contributed by atoms with Crippen LogP contribution in [-0.2, 0) is 0 Å². The quantitative estimate of drug-likeness (QED) is 0.733. The third-order valence-corrected chi connectivity index (χ3v) is 5.49. The van der Waals surface area contributed by atoms with E-state index >= 15 is 0 Å². The molecule has 0 saturated heterocycles. The summed E-state index contributed by atoms with van der Waals surface area (Å²) in [4.78, 5) is 0. The minimum Gasteiger partial charge on any atom is -0.396 e. The molecule has 0 amide bonds. The van der Waals surface area contributed by atoms with E-state index in [1.165, 1.54) is 32.1 Å². The van der Waals surface area contributed by atoms with E-state index in [0.717, 1.165) is 24.3 Å². The van der Waals surface area contributed by atoms with Gasteiger partial charge in [0.15, 0.2) is 0 Å². The van der Waals surface area contributed by atoms with Gasteiger partial charge in [0, 0.05) is 18.1 Å². The summed E-state index contributed by atoms with van der Waals surface area (Å²) in [6, 6.07) is 0.538. The average Bonchev–Trinajstić information content (AvgIpc) is 3.02. The molecular formula is C15H25NO. The van der Waals surface area contributed by atoms with Crippen molar-refractivity contribution >= 4 is 0 Å². The normalized spacial score (nSPS) is 48.1. The molecule has 3 rings (SSSR count). The van der Waals surface area contributed by atoms with Crippen LogP contribution >= 0.6 is 0 Å². The maximum absolute atomic E-state index is 9.54. The van der Waals surface area contributed by atoms with Crippen LogP contribution in [0, 0.1) is 23.2 Å². The third kappa shape index (κ3) is 2.06. The Hall–Kier alpha value is -0.340. The zero-order valence-corrected chi connectivity index (χ0v) is 10.9. The Morgan fingerprint density at radius 3 is 2.88 bits per heavy atom. The lowest BCUT2D eigenvalue weighted by atomic mass is 9.85. The molecule has 0 radical (unpaired) electrons. The molecule has 0 spiro atoms. The predicted molar refractivity (Wildman–Crippen MR) is 69.7 cm³/mol. The van der Waals surface area contributed by atoms with Crippen molar-refractivity contribution in [1.82, 2.24) is 5.32 Å². The first kappa shape index (κ1) is 11.7. The molecule has 3 aliphatic rings. The number of aliphatic hydroxyl groups excluding tert-OH is 1. The number of rotatable bonds is 4. The highest BCUT2D eigenvalue weighted by Gasteiger charge is 2.40. The Kier molecular flexibility index (Phi) is 3.04.